The van der Waals surface area contributed by atoms with Crippen molar-refractivity contribution in [2.24, 2.45) is 11.8 Å². The zero-order valence-electron chi connectivity index (χ0n) is 9.97. The predicted octanol–water partition coefficient (Wildman–Crippen LogP) is 1.21. The second kappa shape index (κ2) is 3.73. The summed E-state index contributed by atoms with van der Waals surface area (Å²) in [4.78, 5) is 12.2. The second-order valence-corrected chi connectivity index (χ2v) is 5.75. The molecule has 1 aliphatic heterocycles. The number of ether oxygens (including phenoxy) is 3. The minimum Gasteiger partial charge on any atom is -0.468 e. The SMILES string of the molecule is COC(=O)[C@]1(SC)[C@H]2C=C[C@H]1C1(C2)OCCO1. The van der Waals surface area contributed by atoms with Crippen molar-refractivity contribution in [2.75, 3.05) is 26.6 Å². The normalized spacial score (nSPS) is 41.3. The van der Waals surface area contributed by atoms with Crippen molar-refractivity contribution in [3.63, 3.8) is 0 Å². The van der Waals surface area contributed by atoms with Gasteiger partial charge in [-0.2, -0.15) is 0 Å². The van der Waals surface area contributed by atoms with Crippen molar-refractivity contribution in [2.45, 2.75) is 17.0 Å². The van der Waals surface area contributed by atoms with Crippen LogP contribution >= 0.6 is 11.8 Å². The minimum atomic E-state index is -0.587. The quantitative estimate of drug-likeness (QED) is 0.549. The van der Waals surface area contributed by atoms with E-state index >= 15 is 0 Å². The Morgan fingerprint density at radius 2 is 2.12 bits per heavy atom. The standard InChI is InChI=1S/C12H16O4S/c1-14-10(13)12(17-2)8-3-4-9(12)11(7-8)15-5-6-16-11/h3-4,8-9H,5-7H2,1-2H3/t8-,9-,12-/m0/s1. The first-order valence-corrected chi connectivity index (χ1v) is 7.02. The number of hydrogen-bond acceptors (Lipinski definition) is 5. The molecule has 0 unspecified atom stereocenters. The Morgan fingerprint density at radius 3 is 2.71 bits per heavy atom. The van der Waals surface area contributed by atoms with Gasteiger partial charge in [-0.15, -0.1) is 11.8 Å². The first-order chi connectivity index (χ1) is 8.19. The molecule has 17 heavy (non-hydrogen) atoms. The smallest absolute Gasteiger partial charge is 0.323 e. The van der Waals surface area contributed by atoms with Crippen LogP contribution in [0.2, 0.25) is 0 Å². The molecule has 1 saturated carbocycles. The monoisotopic (exact) mass is 256 g/mol. The molecular formula is C12H16O4S. The van der Waals surface area contributed by atoms with Gasteiger partial charge in [0.05, 0.1) is 26.2 Å². The highest BCUT2D eigenvalue weighted by Gasteiger charge is 2.70. The largest absolute Gasteiger partial charge is 0.468 e. The molecule has 2 bridgehead atoms. The molecule has 5 heteroatoms. The van der Waals surface area contributed by atoms with E-state index < -0.39 is 10.5 Å². The zero-order chi connectivity index (χ0) is 12.1. The van der Waals surface area contributed by atoms with Gasteiger partial charge in [0.25, 0.3) is 0 Å². The lowest BCUT2D eigenvalue weighted by atomic mass is 9.93. The van der Waals surface area contributed by atoms with E-state index in [0.717, 1.165) is 6.42 Å². The number of rotatable bonds is 2. The van der Waals surface area contributed by atoms with Gasteiger partial charge in [0, 0.05) is 12.3 Å². The third-order valence-electron chi connectivity index (χ3n) is 4.15. The number of hydrogen-bond donors (Lipinski definition) is 0. The van der Waals surface area contributed by atoms with Crippen LogP contribution in [0.3, 0.4) is 0 Å². The molecule has 0 aromatic rings. The topological polar surface area (TPSA) is 44.8 Å². The van der Waals surface area contributed by atoms with E-state index in [0.29, 0.717) is 13.2 Å². The Bertz CT molecular complexity index is 375. The first kappa shape index (κ1) is 11.6. The van der Waals surface area contributed by atoms with Crippen LogP contribution < -0.4 is 0 Å². The molecule has 1 saturated heterocycles. The number of fused-ring (bicyclic) bond motifs is 3. The van der Waals surface area contributed by atoms with Crippen molar-refractivity contribution in [3.05, 3.63) is 12.2 Å². The number of carbonyl (C=O) groups is 1. The van der Waals surface area contributed by atoms with Crippen LogP contribution in [0, 0.1) is 11.8 Å². The number of carbonyl (C=O) groups excluding carboxylic acids is 1. The van der Waals surface area contributed by atoms with Crippen LogP contribution in [0.5, 0.6) is 0 Å². The molecule has 0 aromatic carbocycles. The Hall–Kier alpha value is -0.520. The van der Waals surface area contributed by atoms with E-state index in [9.17, 15) is 4.79 Å². The molecule has 1 heterocycles. The summed E-state index contributed by atoms with van der Waals surface area (Å²) in [6.45, 7) is 1.23. The molecule has 3 rings (SSSR count). The van der Waals surface area contributed by atoms with Gasteiger partial charge in [-0.1, -0.05) is 12.2 Å². The highest BCUT2D eigenvalue weighted by atomic mass is 32.2. The minimum absolute atomic E-state index is 0.0371. The lowest BCUT2D eigenvalue weighted by molar-refractivity contribution is -0.179. The average Bonchev–Trinajstić information content (AvgIpc) is 3.01. The van der Waals surface area contributed by atoms with Gasteiger partial charge >= 0.3 is 5.97 Å². The van der Waals surface area contributed by atoms with Crippen LogP contribution in [0.25, 0.3) is 0 Å². The third kappa shape index (κ3) is 1.25. The Labute approximate surface area is 105 Å². The summed E-state index contributed by atoms with van der Waals surface area (Å²) in [6.07, 6.45) is 6.88. The molecular weight excluding hydrogens is 240 g/mol. The van der Waals surface area contributed by atoms with Gasteiger partial charge in [-0.25, -0.2) is 0 Å². The Kier molecular flexibility index (Phi) is 2.54. The fourth-order valence-electron chi connectivity index (χ4n) is 3.46. The summed E-state index contributed by atoms with van der Waals surface area (Å²) < 4.78 is 16.0. The second-order valence-electron chi connectivity index (χ2n) is 4.67. The molecule has 94 valence electrons. The first-order valence-electron chi connectivity index (χ1n) is 5.79. The van der Waals surface area contributed by atoms with E-state index in [4.69, 9.17) is 14.2 Å². The predicted molar refractivity (Wildman–Crippen MR) is 63.6 cm³/mol. The zero-order valence-corrected chi connectivity index (χ0v) is 10.8. The van der Waals surface area contributed by atoms with E-state index in [2.05, 4.69) is 12.2 Å². The maximum absolute atomic E-state index is 12.2. The van der Waals surface area contributed by atoms with Crippen LogP contribution in [0.4, 0.5) is 0 Å². The van der Waals surface area contributed by atoms with Gasteiger partial charge in [-0.05, 0) is 6.26 Å². The van der Waals surface area contributed by atoms with Crippen LogP contribution in [0.1, 0.15) is 6.42 Å². The summed E-state index contributed by atoms with van der Waals surface area (Å²) in [5, 5.41) is 0. The summed E-state index contributed by atoms with van der Waals surface area (Å²) in [7, 11) is 1.45. The molecule has 0 N–H and O–H groups in total. The molecule has 4 nitrogen and oxygen atoms in total. The molecule has 0 amide bonds. The number of methoxy groups -OCH3 is 1. The summed E-state index contributed by atoms with van der Waals surface area (Å²) in [5.74, 6) is -0.643. The maximum atomic E-state index is 12.2. The lowest BCUT2D eigenvalue weighted by Crippen LogP contribution is -2.46. The molecule has 2 fully saturated rings. The molecule has 3 atom stereocenters. The van der Waals surface area contributed by atoms with Crippen molar-refractivity contribution >= 4 is 17.7 Å². The summed E-state index contributed by atoms with van der Waals surface area (Å²) in [5.41, 5.74) is 0. The molecule has 0 radical (unpaired) electrons. The van der Waals surface area contributed by atoms with E-state index in [1.807, 2.05) is 6.26 Å². The van der Waals surface area contributed by atoms with E-state index in [-0.39, 0.29) is 17.8 Å². The van der Waals surface area contributed by atoms with Crippen molar-refractivity contribution in [1.82, 2.24) is 0 Å². The fraction of sp³-hybridized carbons (Fsp3) is 0.750. The summed E-state index contributed by atoms with van der Waals surface area (Å²) >= 11 is 1.56. The van der Waals surface area contributed by atoms with Crippen molar-refractivity contribution in [1.29, 1.82) is 0 Å². The van der Waals surface area contributed by atoms with Gasteiger partial charge in [0.1, 0.15) is 4.75 Å². The van der Waals surface area contributed by atoms with Crippen LogP contribution in [0.15, 0.2) is 12.2 Å². The molecule has 3 aliphatic rings. The molecule has 0 aromatic heterocycles. The number of esters is 1. The third-order valence-corrected chi connectivity index (χ3v) is 5.54. The van der Waals surface area contributed by atoms with Crippen LogP contribution in [-0.4, -0.2) is 43.1 Å². The fourth-order valence-corrected chi connectivity index (χ4v) is 4.68. The van der Waals surface area contributed by atoms with Crippen LogP contribution in [-0.2, 0) is 19.0 Å². The number of thioether (sulfide) groups is 1. The summed E-state index contributed by atoms with van der Waals surface area (Å²) in [6, 6.07) is 0. The van der Waals surface area contributed by atoms with Gasteiger partial charge in [-0.3, -0.25) is 4.79 Å². The molecule has 1 spiro atoms. The average molecular weight is 256 g/mol. The maximum Gasteiger partial charge on any atom is 0.323 e. The van der Waals surface area contributed by atoms with E-state index in [1.165, 1.54) is 7.11 Å². The van der Waals surface area contributed by atoms with E-state index in [1.54, 1.807) is 11.8 Å². The Morgan fingerprint density at radius 1 is 1.41 bits per heavy atom. The Balaban J connectivity index is 2.01. The van der Waals surface area contributed by atoms with Gasteiger partial charge in [0.15, 0.2) is 5.79 Å². The highest BCUT2D eigenvalue weighted by molar-refractivity contribution is 8.00. The van der Waals surface area contributed by atoms with Gasteiger partial charge in [0.2, 0.25) is 0 Å². The van der Waals surface area contributed by atoms with Gasteiger partial charge < -0.3 is 14.2 Å². The molecule has 2 aliphatic carbocycles. The van der Waals surface area contributed by atoms with Crippen molar-refractivity contribution < 1.29 is 19.0 Å². The van der Waals surface area contributed by atoms with Crippen molar-refractivity contribution in [3.8, 4) is 0 Å². The highest BCUT2D eigenvalue weighted by Crippen LogP contribution is 2.61. The lowest BCUT2D eigenvalue weighted by Gasteiger charge is -2.33. The number of allylic oxidation sites excluding steroid dienone is 1.